The first kappa shape index (κ1) is 17.4. The molecule has 1 aromatic rings. The highest BCUT2D eigenvalue weighted by Crippen LogP contribution is 2.33. The van der Waals surface area contributed by atoms with Crippen molar-refractivity contribution in [2.45, 2.75) is 38.5 Å². The van der Waals surface area contributed by atoms with Crippen molar-refractivity contribution in [1.82, 2.24) is 9.80 Å². The predicted octanol–water partition coefficient (Wildman–Crippen LogP) is 2.70. The van der Waals surface area contributed by atoms with E-state index < -0.39 is 0 Å². The van der Waals surface area contributed by atoms with Gasteiger partial charge in [0.1, 0.15) is 5.60 Å². The third-order valence-electron chi connectivity index (χ3n) is 5.10. The Morgan fingerprint density at radius 2 is 2.35 bits per heavy atom. The van der Waals surface area contributed by atoms with Crippen LogP contribution in [-0.4, -0.2) is 67.9 Å². The van der Waals surface area contributed by atoms with Gasteiger partial charge in [-0.2, -0.15) is 0 Å². The van der Waals surface area contributed by atoms with Crippen molar-refractivity contribution in [3.05, 3.63) is 22.4 Å². The molecule has 0 N–H and O–H groups in total. The Morgan fingerprint density at radius 3 is 3.09 bits per heavy atom. The summed E-state index contributed by atoms with van der Waals surface area (Å²) in [7, 11) is 2.21. The average Bonchev–Trinajstić information content (AvgIpc) is 3.09. The molecule has 1 spiro atoms. The van der Waals surface area contributed by atoms with Gasteiger partial charge >= 0.3 is 0 Å². The number of nitrogens with zero attached hydrogens (tertiary/aromatic N) is 2. The summed E-state index contributed by atoms with van der Waals surface area (Å²) in [6, 6.07) is 4.94. The molecule has 3 heterocycles. The smallest absolute Gasteiger partial charge is 0.104 e. The zero-order chi connectivity index (χ0) is 16.3. The molecule has 0 aliphatic carbocycles. The van der Waals surface area contributed by atoms with Crippen LogP contribution in [0.1, 0.15) is 25.1 Å². The molecule has 2 saturated heterocycles. The second kappa shape index (κ2) is 7.62. The summed E-state index contributed by atoms with van der Waals surface area (Å²) in [6.07, 6.45) is 1.12. The van der Waals surface area contributed by atoms with Crippen molar-refractivity contribution in [2.24, 2.45) is 5.92 Å². The van der Waals surface area contributed by atoms with E-state index in [4.69, 9.17) is 9.47 Å². The molecule has 23 heavy (non-hydrogen) atoms. The van der Waals surface area contributed by atoms with Crippen LogP contribution in [0.2, 0.25) is 0 Å². The van der Waals surface area contributed by atoms with E-state index in [-0.39, 0.29) is 5.60 Å². The standard InChI is InChI=1S/C18H30N2O2S/c1-15(2)19(3)10-16-9-18(22-12-16)13-20(6-7-21-14-18)11-17-5-4-8-23-17/h4-5,8,15-16H,6-7,9-14H2,1-3H3/t16-,18+/m1/s1. The van der Waals surface area contributed by atoms with Crippen LogP contribution in [0.5, 0.6) is 0 Å². The molecule has 0 unspecified atom stereocenters. The van der Waals surface area contributed by atoms with E-state index in [0.29, 0.717) is 12.0 Å². The molecule has 4 nitrogen and oxygen atoms in total. The van der Waals surface area contributed by atoms with Crippen molar-refractivity contribution < 1.29 is 9.47 Å². The monoisotopic (exact) mass is 338 g/mol. The van der Waals surface area contributed by atoms with Gasteiger partial charge in [0.05, 0.1) is 19.8 Å². The van der Waals surface area contributed by atoms with Gasteiger partial charge in [-0.25, -0.2) is 0 Å². The first-order chi connectivity index (χ1) is 11.1. The zero-order valence-corrected chi connectivity index (χ0v) is 15.5. The second-order valence-electron chi connectivity index (χ2n) is 7.44. The number of ether oxygens (including phenoxy) is 2. The first-order valence-corrected chi connectivity index (χ1v) is 9.61. The van der Waals surface area contributed by atoms with Crippen molar-refractivity contribution in [2.75, 3.05) is 46.5 Å². The van der Waals surface area contributed by atoms with Crippen LogP contribution >= 0.6 is 11.3 Å². The SMILES string of the molecule is CC(C)N(C)C[C@@H]1CO[C@@]2(COCCN(Cc3cccs3)C2)C1. The molecule has 3 rings (SSSR count). The average molecular weight is 339 g/mol. The fourth-order valence-electron chi connectivity index (χ4n) is 3.63. The number of thiophene rings is 1. The van der Waals surface area contributed by atoms with Crippen molar-refractivity contribution in [3.8, 4) is 0 Å². The topological polar surface area (TPSA) is 24.9 Å². The van der Waals surface area contributed by atoms with Gasteiger partial charge in [0.2, 0.25) is 0 Å². The van der Waals surface area contributed by atoms with Gasteiger partial charge in [-0.1, -0.05) is 6.07 Å². The highest BCUT2D eigenvalue weighted by Gasteiger charge is 2.43. The maximum absolute atomic E-state index is 6.31. The molecule has 2 fully saturated rings. The highest BCUT2D eigenvalue weighted by molar-refractivity contribution is 7.09. The van der Waals surface area contributed by atoms with Crippen LogP contribution in [0.4, 0.5) is 0 Å². The van der Waals surface area contributed by atoms with E-state index in [9.17, 15) is 0 Å². The number of hydrogen-bond acceptors (Lipinski definition) is 5. The lowest BCUT2D eigenvalue weighted by molar-refractivity contribution is -0.0562. The minimum atomic E-state index is -0.101. The van der Waals surface area contributed by atoms with Gasteiger partial charge < -0.3 is 14.4 Å². The van der Waals surface area contributed by atoms with Gasteiger partial charge in [0.25, 0.3) is 0 Å². The molecule has 130 valence electrons. The summed E-state index contributed by atoms with van der Waals surface area (Å²) in [6.45, 7) is 11.1. The largest absolute Gasteiger partial charge is 0.377 e. The Balaban J connectivity index is 1.59. The molecule has 0 radical (unpaired) electrons. The summed E-state index contributed by atoms with van der Waals surface area (Å²) in [5.41, 5.74) is -0.101. The molecule has 2 aliphatic heterocycles. The third-order valence-corrected chi connectivity index (χ3v) is 5.96. The fourth-order valence-corrected chi connectivity index (χ4v) is 4.37. The van der Waals surface area contributed by atoms with Crippen LogP contribution in [0, 0.1) is 5.92 Å². The van der Waals surface area contributed by atoms with Crippen LogP contribution in [-0.2, 0) is 16.0 Å². The van der Waals surface area contributed by atoms with Crippen LogP contribution < -0.4 is 0 Å². The van der Waals surface area contributed by atoms with Crippen LogP contribution in [0.25, 0.3) is 0 Å². The van der Waals surface area contributed by atoms with Gasteiger partial charge in [0.15, 0.2) is 0 Å². The Labute approximate surface area is 144 Å². The first-order valence-electron chi connectivity index (χ1n) is 8.73. The quantitative estimate of drug-likeness (QED) is 0.824. The van der Waals surface area contributed by atoms with E-state index in [1.807, 2.05) is 11.3 Å². The van der Waals surface area contributed by atoms with E-state index in [1.165, 1.54) is 4.88 Å². The molecule has 1 aromatic heterocycles. The lowest BCUT2D eigenvalue weighted by atomic mass is 9.93. The lowest BCUT2D eigenvalue weighted by Gasteiger charge is -2.31. The Kier molecular flexibility index (Phi) is 5.75. The fraction of sp³-hybridized carbons (Fsp3) is 0.778. The van der Waals surface area contributed by atoms with Gasteiger partial charge in [-0.15, -0.1) is 11.3 Å². The number of hydrogen-bond donors (Lipinski definition) is 0. The lowest BCUT2D eigenvalue weighted by Crippen LogP contribution is -2.44. The predicted molar refractivity (Wildman–Crippen MR) is 95.0 cm³/mol. The molecule has 0 aromatic carbocycles. The molecule has 0 bridgehead atoms. The zero-order valence-electron chi connectivity index (χ0n) is 14.7. The highest BCUT2D eigenvalue weighted by atomic mass is 32.1. The normalized spacial score (nSPS) is 29.7. The molecule has 2 atom stereocenters. The van der Waals surface area contributed by atoms with Crippen molar-refractivity contribution >= 4 is 11.3 Å². The van der Waals surface area contributed by atoms with Crippen LogP contribution in [0.3, 0.4) is 0 Å². The van der Waals surface area contributed by atoms with E-state index in [2.05, 4.69) is 48.2 Å². The summed E-state index contributed by atoms with van der Waals surface area (Å²) >= 11 is 1.84. The maximum Gasteiger partial charge on any atom is 0.104 e. The third kappa shape index (κ3) is 4.54. The molecule has 2 aliphatic rings. The Morgan fingerprint density at radius 1 is 1.48 bits per heavy atom. The molecule has 0 saturated carbocycles. The summed E-state index contributed by atoms with van der Waals surface area (Å²) < 4.78 is 12.2. The maximum atomic E-state index is 6.31. The Hall–Kier alpha value is -0.460. The van der Waals surface area contributed by atoms with Crippen molar-refractivity contribution in [3.63, 3.8) is 0 Å². The van der Waals surface area contributed by atoms with Gasteiger partial charge in [-0.05, 0) is 44.7 Å². The summed E-state index contributed by atoms with van der Waals surface area (Å²) in [4.78, 5) is 6.36. The summed E-state index contributed by atoms with van der Waals surface area (Å²) in [5, 5.41) is 2.16. The van der Waals surface area contributed by atoms with Crippen molar-refractivity contribution in [1.29, 1.82) is 0 Å². The molecular formula is C18H30N2O2S. The van der Waals surface area contributed by atoms with E-state index >= 15 is 0 Å². The second-order valence-corrected chi connectivity index (χ2v) is 8.47. The Bertz CT molecular complexity index is 479. The molecule has 5 heteroatoms. The molecular weight excluding hydrogens is 308 g/mol. The number of rotatable bonds is 5. The van der Waals surface area contributed by atoms with E-state index in [0.717, 1.165) is 52.4 Å². The van der Waals surface area contributed by atoms with Crippen LogP contribution in [0.15, 0.2) is 17.5 Å². The van der Waals surface area contributed by atoms with Gasteiger partial charge in [-0.3, -0.25) is 4.90 Å². The summed E-state index contributed by atoms with van der Waals surface area (Å²) in [5.74, 6) is 0.618. The minimum absolute atomic E-state index is 0.101. The molecule has 0 amide bonds. The van der Waals surface area contributed by atoms with Gasteiger partial charge in [0, 0.05) is 37.1 Å². The minimum Gasteiger partial charge on any atom is -0.377 e. The van der Waals surface area contributed by atoms with E-state index in [1.54, 1.807) is 0 Å².